The van der Waals surface area contributed by atoms with Crippen molar-refractivity contribution in [2.75, 3.05) is 19.0 Å². The van der Waals surface area contributed by atoms with Crippen LogP contribution in [-0.4, -0.2) is 25.5 Å². The van der Waals surface area contributed by atoms with Gasteiger partial charge in [-0.15, -0.1) is 0 Å². The number of hydrogen-bond donors (Lipinski definition) is 2. The molecule has 0 amide bonds. The van der Waals surface area contributed by atoms with E-state index in [1.165, 1.54) is 25.7 Å². The Hall–Kier alpha value is -1.55. The fourth-order valence-electron chi connectivity index (χ4n) is 3.76. The van der Waals surface area contributed by atoms with Crippen LogP contribution in [0.2, 0.25) is 0 Å². The van der Waals surface area contributed by atoms with Crippen LogP contribution in [0.25, 0.3) is 0 Å². The van der Waals surface area contributed by atoms with Crippen molar-refractivity contribution in [3.05, 3.63) is 23.8 Å². The van der Waals surface area contributed by atoms with Crippen molar-refractivity contribution in [1.29, 1.82) is 0 Å². The molecule has 0 bridgehead atoms. The Morgan fingerprint density at radius 3 is 2.91 bits per heavy atom. The van der Waals surface area contributed by atoms with Gasteiger partial charge in [0, 0.05) is 24.3 Å². The maximum atomic E-state index is 11.8. The largest absolute Gasteiger partial charge is 0.496 e. The predicted octanol–water partition coefficient (Wildman–Crippen LogP) is 3.12. The number of hydrogen-bond acceptors (Lipinski definition) is 4. The second-order valence-electron chi connectivity index (χ2n) is 6.66. The fraction of sp³-hybridized carbons (Fsp3) is 0.611. The van der Waals surface area contributed by atoms with E-state index in [-0.39, 0.29) is 0 Å². The molecule has 4 nitrogen and oxygen atoms in total. The zero-order chi connectivity index (χ0) is 15.4. The van der Waals surface area contributed by atoms with Gasteiger partial charge in [0.15, 0.2) is 0 Å². The first kappa shape index (κ1) is 15.3. The zero-order valence-electron chi connectivity index (χ0n) is 13.4. The summed E-state index contributed by atoms with van der Waals surface area (Å²) in [6, 6.07) is 6.00. The van der Waals surface area contributed by atoms with Crippen molar-refractivity contribution in [2.24, 2.45) is 5.92 Å². The Kier molecular flexibility index (Phi) is 4.67. The van der Waals surface area contributed by atoms with Gasteiger partial charge < -0.3 is 14.8 Å². The zero-order valence-corrected chi connectivity index (χ0v) is 13.4. The molecule has 0 radical (unpaired) electrons. The van der Waals surface area contributed by atoms with E-state index < -0.39 is 5.54 Å². The van der Waals surface area contributed by atoms with E-state index in [1.807, 2.05) is 12.1 Å². The number of rotatable bonds is 5. The molecule has 2 N–H and O–H groups in total. The van der Waals surface area contributed by atoms with Crippen LogP contribution in [0, 0.1) is 5.92 Å². The number of methoxy groups -OCH3 is 1. The number of carbonyl (C=O) groups excluding carboxylic acids is 1. The normalized spacial score (nSPS) is 25.1. The van der Waals surface area contributed by atoms with Crippen LogP contribution >= 0.6 is 0 Å². The van der Waals surface area contributed by atoms with E-state index in [0.717, 1.165) is 42.0 Å². The van der Waals surface area contributed by atoms with Gasteiger partial charge in [0.2, 0.25) is 0 Å². The number of nitrogens with one attached hydrogen (secondary N) is 2. The third-order valence-electron chi connectivity index (χ3n) is 5.26. The lowest BCUT2D eigenvalue weighted by Crippen LogP contribution is -2.50. The first-order valence-corrected chi connectivity index (χ1v) is 8.37. The van der Waals surface area contributed by atoms with Gasteiger partial charge in [-0.1, -0.05) is 31.7 Å². The lowest BCUT2D eigenvalue weighted by atomic mass is 9.89. The third kappa shape index (κ3) is 3.12. The van der Waals surface area contributed by atoms with Crippen molar-refractivity contribution in [1.82, 2.24) is 5.32 Å². The Bertz CT molecular complexity index is 526. The van der Waals surface area contributed by atoms with Gasteiger partial charge in [0.25, 0.3) is 0 Å². The van der Waals surface area contributed by atoms with Crippen LogP contribution in [0.5, 0.6) is 5.75 Å². The van der Waals surface area contributed by atoms with Crippen LogP contribution in [0.1, 0.15) is 44.1 Å². The molecule has 0 saturated heterocycles. The van der Waals surface area contributed by atoms with Crippen LogP contribution in [0.3, 0.4) is 0 Å². The number of anilines is 1. The summed E-state index contributed by atoms with van der Waals surface area (Å²) in [5.74, 6) is 1.67. The third-order valence-corrected chi connectivity index (χ3v) is 5.26. The van der Waals surface area contributed by atoms with E-state index in [2.05, 4.69) is 16.7 Å². The molecule has 3 rings (SSSR count). The summed E-state index contributed by atoms with van der Waals surface area (Å²) in [5.41, 5.74) is 1.71. The molecule has 22 heavy (non-hydrogen) atoms. The molecule has 0 spiro atoms. The van der Waals surface area contributed by atoms with Crippen molar-refractivity contribution in [2.45, 2.75) is 50.6 Å². The number of carbonyl (C=O) groups is 1. The van der Waals surface area contributed by atoms with Crippen LogP contribution in [-0.2, 0) is 11.3 Å². The number of aldehydes is 1. The van der Waals surface area contributed by atoms with E-state index in [9.17, 15) is 4.79 Å². The maximum Gasteiger partial charge on any atom is 0.141 e. The standard InChI is InChI=1S/C18H26N2O2/c1-22-17-8-4-7-16-15(17)11-20-18(13-21,12-19-16)10-9-14-5-2-3-6-14/h4,7-8,13-14,19-20H,2-3,5-6,9-12H2,1H3. The second kappa shape index (κ2) is 6.69. The Balaban J connectivity index is 1.71. The molecule has 0 aromatic heterocycles. The van der Waals surface area contributed by atoms with Gasteiger partial charge in [-0.2, -0.15) is 0 Å². The van der Waals surface area contributed by atoms with Crippen LogP contribution in [0.4, 0.5) is 5.69 Å². The summed E-state index contributed by atoms with van der Waals surface area (Å²) in [6.45, 7) is 1.30. The minimum atomic E-state index is -0.466. The second-order valence-corrected chi connectivity index (χ2v) is 6.66. The van der Waals surface area contributed by atoms with Crippen molar-refractivity contribution in [3.8, 4) is 5.75 Å². The molecule has 1 heterocycles. The highest BCUT2D eigenvalue weighted by Gasteiger charge is 2.33. The fourth-order valence-corrected chi connectivity index (χ4v) is 3.76. The van der Waals surface area contributed by atoms with Gasteiger partial charge in [-0.05, 0) is 30.9 Å². The van der Waals surface area contributed by atoms with Crippen LogP contribution < -0.4 is 15.4 Å². The molecular weight excluding hydrogens is 276 g/mol. The first-order chi connectivity index (χ1) is 10.8. The highest BCUT2D eigenvalue weighted by molar-refractivity contribution is 5.68. The van der Waals surface area contributed by atoms with Gasteiger partial charge in [-0.25, -0.2) is 0 Å². The lowest BCUT2D eigenvalue weighted by molar-refractivity contribution is -0.113. The number of fused-ring (bicyclic) bond motifs is 1. The first-order valence-electron chi connectivity index (χ1n) is 8.37. The van der Waals surface area contributed by atoms with E-state index in [0.29, 0.717) is 13.1 Å². The van der Waals surface area contributed by atoms with Crippen LogP contribution in [0.15, 0.2) is 18.2 Å². The molecule has 4 heteroatoms. The molecule has 120 valence electrons. The molecule has 1 atom stereocenters. The average molecular weight is 302 g/mol. The Morgan fingerprint density at radius 1 is 1.36 bits per heavy atom. The smallest absolute Gasteiger partial charge is 0.141 e. The predicted molar refractivity (Wildman–Crippen MR) is 88.3 cm³/mol. The number of benzene rings is 1. The van der Waals surface area contributed by atoms with Gasteiger partial charge in [0.1, 0.15) is 12.0 Å². The molecule has 1 fully saturated rings. The highest BCUT2D eigenvalue weighted by atomic mass is 16.5. The minimum Gasteiger partial charge on any atom is -0.496 e. The minimum absolute atomic E-state index is 0.466. The quantitative estimate of drug-likeness (QED) is 0.821. The lowest BCUT2D eigenvalue weighted by Gasteiger charge is -2.29. The average Bonchev–Trinajstić information content (AvgIpc) is 3.01. The Labute approximate surface area is 132 Å². The molecular formula is C18H26N2O2. The summed E-state index contributed by atoms with van der Waals surface area (Å²) in [7, 11) is 1.69. The summed E-state index contributed by atoms with van der Waals surface area (Å²) in [6.07, 6.45) is 8.52. The monoisotopic (exact) mass is 302 g/mol. The topological polar surface area (TPSA) is 50.4 Å². The molecule has 1 unspecified atom stereocenters. The van der Waals surface area contributed by atoms with Gasteiger partial charge in [-0.3, -0.25) is 5.32 Å². The highest BCUT2D eigenvalue weighted by Crippen LogP contribution is 2.33. The van der Waals surface area contributed by atoms with Crippen molar-refractivity contribution in [3.63, 3.8) is 0 Å². The maximum absolute atomic E-state index is 11.8. The summed E-state index contributed by atoms with van der Waals surface area (Å²) in [5, 5.41) is 6.93. The van der Waals surface area contributed by atoms with Gasteiger partial charge >= 0.3 is 0 Å². The molecule has 1 saturated carbocycles. The van der Waals surface area contributed by atoms with E-state index in [4.69, 9.17) is 4.74 Å². The molecule has 1 aliphatic heterocycles. The molecule has 2 aliphatic rings. The van der Waals surface area contributed by atoms with E-state index in [1.54, 1.807) is 7.11 Å². The van der Waals surface area contributed by atoms with Crippen molar-refractivity contribution >= 4 is 12.0 Å². The van der Waals surface area contributed by atoms with Crippen molar-refractivity contribution < 1.29 is 9.53 Å². The number of ether oxygens (including phenoxy) is 1. The summed E-state index contributed by atoms with van der Waals surface area (Å²) in [4.78, 5) is 11.8. The SMILES string of the molecule is COc1cccc2c1CNC(C=O)(CCC1CCCC1)CN2. The summed E-state index contributed by atoms with van der Waals surface area (Å²) >= 11 is 0. The Morgan fingerprint density at radius 2 is 2.18 bits per heavy atom. The van der Waals surface area contributed by atoms with Gasteiger partial charge in [0.05, 0.1) is 12.6 Å². The molecule has 1 aromatic carbocycles. The molecule has 1 aromatic rings. The van der Waals surface area contributed by atoms with E-state index >= 15 is 0 Å². The molecule has 1 aliphatic carbocycles. The summed E-state index contributed by atoms with van der Waals surface area (Å²) < 4.78 is 5.44.